The minimum Gasteiger partial charge on any atom is -0.352 e. The van der Waals surface area contributed by atoms with Gasteiger partial charge in [0, 0.05) is 23.9 Å². The first-order valence-electron chi connectivity index (χ1n) is 8.94. The molecule has 0 aliphatic rings. The van der Waals surface area contributed by atoms with Gasteiger partial charge in [0.25, 0.3) is 5.91 Å². The predicted molar refractivity (Wildman–Crippen MR) is 107 cm³/mol. The molecular weight excluding hydrogens is 344 g/mol. The van der Waals surface area contributed by atoms with Gasteiger partial charge in [-0.2, -0.15) is 11.3 Å². The summed E-state index contributed by atoms with van der Waals surface area (Å²) in [6.07, 6.45) is 1.01. The van der Waals surface area contributed by atoms with Crippen molar-refractivity contribution in [3.8, 4) is 0 Å². The van der Waals surface area contributed by atoms with Crippen molar-refractivity contribution < 1.29 is 9.59 Å². The van der Waals surface area contributed by atoms with Crippen molar-refractivity contribution in [1.29, 1.82) is 0 Å². The van der Waals surface area contributed by atoms with Gasteiger partial charge in [-0.05, 0) is 41.3 Å². The van der Waals surface area contributed by atoms with Crippen LogP contribution < -0.4 is 10.6 Å². The van der Waals surface area contributed by atoms with Crippen LogP contribution in [-0.4, -0.2) is 18.4 Å². The zero-order valence-corrected chi connectivity index (χ0v) is 16.8. The monoisotopic (exact) mass is 372 g/mol. The van der Waals surface area contributed by atoms with Crippen molar-refractivity contribution in [2.75, 3.05) is 6.54 Å². The first-order valence-corrected chi connectivity index (χ1v) is 9.88. The van der Waals surface area contributed by atoms with Crippen LogP contribution in [0.25, 0.3) is 0 Å². The number of carbonyl (C=O) groups is 2. The van der Waals surface area contributed by atoms with Crippen LogP contribution in [0.15, 0.2) is 41.1 Å². The fourth-order valence-electron chi connectivity index (χ4n) is 2.85. The van der Waals surface area contributed by atoms with Crippen molar-refractivity contribution in [3.63, 3.8) is 0 Å². The largest absolute Gasteiger partial charge is 0.352 e. The predicted octanol–water partition coefficient (Wildman–Crippen LogP) is 4.47. The first kappa shape index (κ1) is 20.2. The maximum absolute atomic E-state index is 12.4. The molecule has 0 fully saturated rings. The Kier molecular flexibility index (Phi) is 6.98. The van der Waals surface area contributed by atoms with E-state index in [1.165, 1.54) is 16.9 Å². The van der Waals surface area contributed by atoms with E-state index in [1.807, 2.05) is 22.9 Å². The molecule has 1 unspecified atom stereocenters. The van der Waals surface area contributed by atoms with Gasteiger partial charge in [-0.3, -0.25) is 9.59 Å². The Balaban J connectivity index is 1.86. The molecular formula is C21H28N2O2S. The number of amides is 2. The zero-order valence-electron chi connectivity index (χ0n) is 16.0. The van der Waals surface area contributed by atoms with Gasteiger partial charge in [0.2, 0.25) is 5.91 Å². The Labute approximate surface area is 160 Å². The molecule has 140 valence electrons. The topological polar surface area (TPSA) is 58.2 Å². The van der Waals surface area contributed by atoms with Crippen LogP contribution >= 0.6 is 11.3 Å². The first-order chi connectivity index (χ1) is 12.3. The number of rotatable bonds is 7. The average molecular weight is 373 g/mol. The average Bonchev–Trinajstić information content (AvgIpc) is 3.11. The van der Waals surface area contributed by atoms with Crippen LogP contribution in [0.4, 0.5) is 0 Å². The highest BCUT2D eigenvalue weighted by molar-refractivity contribution is 7.08. The van der Waals surface area contributed by atoms with Crippen molar-refractivity contribution in [3.05, 3.63) is 57.8 Å². The van der Waals surface area contributed by atoms with E-state index in [4.69, 9.17) is 0 Å². The molecule has 26 heavy (non-hydrogen) atoms. The van der Waals surface area contributed by atoms with Gasteiger partial charge in [-0.25, -0.2) is 0 Å². The van der Waals surface area contributed by atoms with Crippen LogP contribution in [0.5, 0.6) is 0 Å². The van der Waals surface area contributed by atoms with Gasteiger partial charge < -0.3 is 10.6 Å². The van der Waals surface area contributed by atoms with E-state index >= 15 is 0 Å². The fourth-order valence-corrected chi connectivity index (χ4v) is 3.49. The molecule has 1 atom stereocenters. The fraction of sp³-hybridized carbons (Fsp3) is 0.429. The summed E-state index contributed by atoms with van der Waals surface area (Å²) in [5.41, 5.74) is 2.91. The van der Waals surface area contributed by atoms with E-state index in [-0.39, 0.29) is 23.3 Å². The van der Waals surface area contributed by atoms with Gasteiger partial charge in [0.15, 0.2) is 0 Å². The Morgan fingerprint density at radius 1 is 1.15 bits per heavy atom. The Bertz CT molecular complexity index is 733. The van der Waals surface area contributed by atoms with Gasteiger partial charge in [-0.1, -0.05) is 45.0 Å². The minimum absolute atomic E-state index is 0.0120. The van der Waals surface area contributed by atoms with E-state index in [0.29, 0.717) is 24.9 Å². The molecule has 0 saturated carbocycles. The van der Waals surface area contributed by atoms with Crippen LogP contribution in [0.1, 0.15) is 61.1 Å². The standard InChI is InChI=1S/C21H28N2O2S/c1-15-8-5-6-9-17(15)19(21(2,3)4)23-18(24)10-7-12-22-20(25)16-11-13-26-14-16/h5-6,8-9,11,13-14,19H,7,10,12H2,1-4H3,(H,22,25)(H,23,24). The summed E-state index contributed by atoms with van der Waals surface area (Å²) in [4.78, 5) is 24.3. The van der Waals surface area contributed by atoms with Crippen molar-refractivity contribution in [2.24, 2.45) is 5.41 Å². The molecule has 0 aliphatic carbocycles. The molecule has 5 heteroatoms. The summed E-state index contributed by atoms with van der Waals surface area (Å²) in [6, 6.07) is 9.91. The normalized spacial score (nSPS) is 12.5. The third-order valence-electron chi connectivity index (χ3n) is 4.32. The number of hydrogen-bond acceptors (Lipinski definition) is 3. The van der Waals surface area contributed by atoms with E-state index in [0.717, 1.165) is 5.56 Å². The maximum atomic E-state index is 12.4. The third kappa shape index (κ3) is 5.70. The van der Waals surface area contributed by atoms with E-state index in [2.05, 4.69) is 50.5 Å². The highest BCUT2D eigenvalue weighted by atomic mass is 32.1. The summed E-state index contributed by atoms with van der Waals surface area (Å²) in [6.45, 7) is 8.95. The summed E-state index contributed by atoms with van der Waals surface area (Å²) in [7, 11) is 0. The second kappa shape index (κ2) is 8.99. The van der Waals surface area contributed by atoms with E-state index < -0.39 is 0 Å². The quantitative estimate of drug-likeness (QED) is 0.705. The molecule has 0 saturated heterocycles. The number of aryl methyl sites for hydroxylation is 1. The molecule has 1 heterocycles. The molecule has 1 aromatic heterocycles. The molecule has 2 aromatic rings. The second-order valence-electron chi connectivity index (χ2n) is 7.59. The van der Waals surface area contributed by atoms with Crippen LogP contribution in [0.2, 0.25) is 0 Å². The minimum atomic E-state index is -0.0884. The molecule has 0 radical (unpaired) electrons. The molecule has 2 N–H and O–H groups in total. The lowest BCUT2D eigenvalue weighted by atomic mass is 9.80. The SMILES string of the molecule is Cc1ccccc1C(NC(=O)CCCNC(=O)c1ccsc1)C(C)(C)C. The Morgan fingerprint density at radius 3 is 2.50 bits per heavy atom. The number of carbonyl (C=O) groups excluding carboxylic acids is 2. The van der Waals surface area contributed by atoms with Gasteiger partial charge in [0.1, 0.15) is 0 Å². The van der Waals surface area contributed by atoms with Gasteiger partial charge in [-0.15, -0.1) is 0 Å². The lowest BCUT2D eigenvalue weighted by molar-refractivity contribution is -0.122. The molecule has 2 amide bonds. The van der Waals surface area contributed by atoms with Crippen LogP contribution in [0, 0.1) is 12.3 Å². The zero-order chi connectivity index (χ0) is 19.2. The highest BCUT2D eigenvalue weighted by Crippen LogP contribution is 2.34. The lowest BCUT2D eigenvalue weighted by Crippen LogP contribution is -2.37. The molecule has 2 rings (SSSR count). The second-order valence-corrected chi connectivity index (χ2v) is 8.37. The molecule has 0 bridgehead atoms. The molecule has 1 aromatic carbocycles. The number of benzene rings is 1. The van der Waals surface area contributed by atoms with Gasteiger partial charge >= 0.3 is 0 Å². The van der Waals surface area contributed by atoms with Crippen molar-refractivity contribution in [1.82, 2.24) is 10.6 Å². The number of thiophene rings is 1. The Hall–Kier alpha value is -2.14. The summed E-state index contributed by atoms with van der Waals surface area (Å²) in [5, 5.41) is 9.73. The maximum Gasteiger partial charge on any atom is 0.252 e. The smallest absolute Gasteiger partial charge is 0.252 e. The summed E-state index contributed by atoms with van der Waals surface area (Å²) in [5.74, 6) is -0.0721. The van der Waals surface area contributed by atoms with E-state index in [9.17, 15) is 9.59 Å². The summed E-state index contributed by atoms with van der Waals surface area (Å²) >= 11 is 1.50. The lowest BCUT2D eigenvalue weighted by Gasteiger charge is -2.33. The molecule has 4 nitrogen and oxygen atoms in total. The van der Waals surface area contributed by atoms with Crippen molar-refractivity contribution >= 4 is 23.2 Å². The number of nitrogens with one attached hydrogen (secondary N) is 2. The van der Waals surface area contributed by atoms with Gasteiger partial charge in [0.05, 0.1) is 6.04 Å². The van der Waals surface area contributed by atoms with Crippen LogP contribution in [0.3, 0.4) is 0 Å². The Morgan fingerprint density at radius 2 is 1.88 bits per heavy atom. The molecule has 0 aliphatic heterocycles. The van der Waals surface area contributed by atoms with E-state index in [1.54, 1.807) is 6.07 Å². The highest BCUT2D eigenvalue weighted by Gasteiger charge is 2.28. The van der Waals surface area contributed by atoms with Crippen molar-refractivity contribution in [2.45, 2.75) is 46.6 Å². The van der Waals surface area contributed by atoms with Crippen LogP contribution in [-0.2, 0) is 4.79 Å². The third-order valence-corrected chi connectivity index (χ3v) is 5.00. The number of hydrogen-bond donors (Lipinski definition) is 2. The summed E-state index contributed by atoms with van der Waals surface area (Å²) < 4.78 is 0. The molecule has 0 spiro atoms.